The highest BCUT2D eigenvalue weighted by Gasteiger charge is 2.30. The number of hydrazone groups is 1. The number of carbonyl (C=O) groups is 3. The monoisotopic (exact) mass is 375 g/mol. The first-order valence-electron chi connectivity index (χ1n) is 8.85. The lowest BCUT2D eigenvalue weighted by Crippen LogP contribution is -2.32. The lowest BCUT2D eigenvalue weighted by atomic mass is 9.99. The second kappa shape index (κ2) is 7.48. The van der Waals surface area contributed by atoms with Gasteiger partial charge < -0.3 is 9.72 Å². The van der Waals surface area contributed by atoms with Gasteiger partial charge in [-0.15, -0.1) is 0 Å². The summed E-state index contributed by atoms with van der Waals surface area (Å²) in [7, 11) is 0. The number of Topliss-reactive ketones (excluding diaryl/α,β-unsaturated/α-hetero) is 1. The summed E-state index contributed by atoms with van der Waals surface area (Å²) in [4.78, 5) is 40.1. The van der Waals surface area contributed by atoms with Crippen molar-refractivity contribution in [3.05, 3.63) is 71.9 Å². The smallest absolute Gasteiger partial charge is 0.355 e. The number of aromatic amines is 1. The number of carbonyl (C=O) groups excluding carboxylic acids is 3. The predicted octanol–water partition coefficient (Wildman–Crippen LogP) is 2.90. The number of H-pyrrole nitrogens is 1. The van der Waals surface area contributed by atoms with Gasteiger partial charge in [-0.3, -0.25) is 9.59 Å². The van der Waals surface area contributed by atoms with Crippen molar-refractivity contribution < 1.29 is 19.1 Å². The predicted molar refractivity (Wildman–Crippen MR) is 103 cm³/mol. The van der Waals surface area contributed by atoms with E-state index in [4.69, 9.17) is 4.74 Å². The lowest BCUT2D eigenvalue weighted by Gasteiger charge is -2.18. The number of benzene rings is 2. The van der Waals surface area contributed by atoms with Crippen molar-refractivity contribution in [2.45, 2.75) is 18.9 Å². The molecule has 1 aliphatic heterocycles. The number of ether oxygens (including phenoxy) is 1. The van der Waals surface area contributed by atoms with E-state index in [0.717, 1.165) is 10.9 Å². The van der Waals surface area contributed by atoms with Gasteiger partial charge in [-0.25, -0.2) is 10.2 Å². The molecule has 0 bridgehead atoms. The van der Waals surface area contributed by atoms with E-state index < -0.39 is 12.1 Å². The molecule has 7 nitrogen and oxygen atoms in total. The van der Waals surface area contributed by atoms with E-state index in [0.29, 0.717) is 11.1 Å². The minimum atomic E-state index is -1.12. The van der Waals surface area contributed by atoms with Crippen molar-refractivity contribution in [1.82, 2.24) is 10.4 Å². The van der Waals surface area contributed by atoms with Crippen LogP contribution in [0.1, 0.15) is 34.9 Å². The minimum absolute atomic E-state index is 0.0901. The minimum Gasteiger partial charge on any atom is -0.444 e. The molecule has 28 heavy (non-hydrogen) atoms. The third-order valence-corrected chi connectivity index (χ3v) is 4.56. The number of esters is 1. The molecule has 140 valence electrons. The molecule has 2 aromatic carbocycles. The van der Waals surface area contributed by atoms with E-state index in [9.17, 15) is 14.4 Å². The Morgan fingerprint density at radius 2 is 1.75 bits per heavy atom. The van der Waals surface area contributed by atoms with Crippen molar-refractivity contribution in [2.75, 3.05) is 0 Å². The molecule has 0 radical (unpaired) electrons. The molecule has 0 saturated carbocycles. The molecule has 2 N–H and O–H groups in total. The van der Waals surface area contributed by atoms with Crippen molar-refractivity contribution in [1.29, 1.82) is 0 Å². The van der Waals surface area contributed by atoms with Crippen LogP contribution in [0.3, 0.4) is 0 Å². The molecule has 0 spiro atoms. The molecule has 1 aromatic heterocycles. The zero-order chi connectivity index (χ0) is 19.5. The molecule has 1 atom stereocenters. The first-order valence-corrected chi connectivity index (χ1v) is 8.85. The fourth-order valence-corrected chi connectivity index (χ4v) is 3.11. The number of para-hydroxylation sites is 1. The van der Waals surface area contributed by atoms with E-state index >= 15 is 0 Å². The third kappa shape index (κ3) is 3.42. The molecule has 0 fully saturated rings. The quantitative estimate of drug-likeness (QED) is 0.529. The van der Waals surface area contributed by atoms with Gasteiger partial charge in [-0.1, -0.05) is 48.5 Å². The van der Waals surface area contributed by atoms with Crippen LogP contribution < -0.4 is 5.43 Å². The molecule has 1 aliphatic rings. The largest absolute Gasteiger partial charge is 0.444 e. The fraction of sp³-hybridized carbons (Fsp3) is 0.143. The van der Waals surface area contributed by atoms with Crippen LogP contribution in [0.5, 0.6) is 0 Å². The summed E-state index contributed by atoms with van der Waals surface area (Å²) < 4.78 is 5.56. The summed E-state index contributed by atoms with van der Waals surface area (Å²) in [6.07, 6.45) is 0.830. The number of rotatable bonds is 5. The Morgan fingerprint density at radius 3 is 2.50 bits per heavy atom. The van der Waals surface area contributed by atoms with Crippen molar-refractivity contribution in [3.8, 4) is 0 Å². The summed E-state index contributed by atoms with van der Waals surface area (Å²) in [6.45, 7) is 0. The van der Waals surface area contributed by atoms with Crippen LogP contribution in [0.25, 0.3) is 10.9 Å². The maximum Gasteiger partial charge on any atom is 0.355 e. The Morgan fingerprint density at radius 1 is 1.00 bits per heavy atom. The third-order valence-electron chi connectivity index (χ3n) is 4.56. The van der Waals surface area contributed by atoms with Crippen LogP contribution in [0.15, 0.2) is 65.9 Å². The first kappa shape index (κ1) is 17.7. The highest BCUT2D eigenvalue weighted by atomic mass is 16.5. The summed E-state index contributed by atoms with van der Waals surface area (Å²) in [5.74, 6) is -1.31. The van der Waals surface area contributed by atoms with Gasteiger partial charge in [-0.05, 0) is 6.07 Å². The van der Waals surface area contributed by atoms with Gasteiger partial charge >= 0.3 is 5.97 Å². The SMILES string of the molecule is O=C1CCC(C(=O)O[C@@H](C(=O)c2c[nH]c3ccccc23)c2ccccc2)=NN1. The summed E-state index contributed by atoms with van der Waals surface area (Å²) >= 11 is 0. The second-order valence-electron chi connectivity index (χ2n) is 6.40. The van der Waals surface area contributed by atoms with Gasteiger partial charge in [0.1, 0.15) is 5.71 Å². The molecule has 1 amide bonds. The standard InChI is InChI=1S/C21H17N3O4/c25-18-11-10-17(23-24-18)21(27)28-20(13-6-2-1-3-7-13)19(26)15-12-22-16-9-5-4-8-14(15)16/h1-9,12,20,22H,10-11H2,(H,24,25)/t20-/m1/s1. The summed E-state index contributed by atoms with van der Waals surface area (Å²) in [6, 6.07) is 16.3. The Balaban J connectivity index is 1.67. The Kier molecular flexibility index (Phi) is 4.72. The van der Waals surface area contributed by atoms with Gasteiger partial charge in [-0.2, -0.15) is 5.10 Å². The van der Waals surface area contributed by atoms with Gasteiger partial charge in [0.15, 0.2) is 6.10 Å². The van der Waals surface area contributed by atoms with E-state index in [1.165, 1.54) is 0 Å². The van der Waals surface area contributed by atoms with Gasteiger partial charge in [0.25, 0.3) is 0 Å². The Bertz CT molecular complexity index is 1090. The summed E-state index contributed by atoms with van der Waals surface area (Å²) in [5.41, 5.74) is 4.18. The van der Waals surface area contributed by atoms with Crippen molar-refractivity contribution in [2.24, 2.45) is 5.10 Å². The number of hydrogen-bond donors (Lipinski definition) is 2. The van der Waals surface area contributed by atoms with Crippen LogP contribution in [-0.4, -0.2) is 28.4 Å². The molecule has 7 heteroatoms. The van der Waals surface area contributed by atoms with Crippen LogP contribution in [-0.2, 0) is 14.3 Å². The van der Waals surface area contributed by atoms with E-state index in [1.807, 2.05) is 30.3 Å². The average molecular weight is 375 g/mol. The van der Waals surface area contributed by atoms with Crippen LogP contribution in [0.2, 0.25) is 0 Å². The van der Waals surface area contributed by atoms with Crippen LogP contribution in [0, 0.1) is 0 Å². The van der Waals surface area contributed by atoms with Gasteiger partial charge in [0.05, 0.1) is 0 Å². The number of nitrogens with one attached hydrogen (secondary N) is 2. The zero-order valence-electron chi connectivity index (χ0n) is 14.8. The van der Waals surface area contributed by atoms with Crippen LogP contribution >= 0.6 is 0 Å². The van der Waals surface area contributed by atoms with Crippen molar-refractivity contribution >= 4 is 34.3 Å². The molecule has 0 saturated heterocycles. The fourth-order valence-electron chi connectivity index (χ4n) is 3.11. The number of fused-ring (bicyclic) bond motifs is 1. The van der Waals surface area contributed by atoms with Crippen molar-refractivity contribution in [3.63, 3.8) is 0 Å². The molecule has 4 rings (SSSR count). The first-order chi connectivity index (χ1) is 13.6. The Hall–Kier alpha value is -3.74. The number of amides is 1. The topological polar surface area (TPSA) is 101 Å². The van der Waals surface area contributed by atoms with E-state index in [1.54, 1.807) is 30.5 Å². The van der Waals surface area contributed by atoms with Crippen LogP contribution in [0.4, 0.5) is 0 Å². The molecular formula is C21H17N3O4. The van der Waals surface area contributed by atoms with E-state index in [2.05, 4.69) is 15.5 Å². The van der Waals surface area contributed by atoms with Gasteiger partial charge in [0, 0.05) is 41.1 Å². The molecular weight excluding hydrogens is 358 g/mol. The lowest BCUT2D eigenvalue weighted by molar-refractivity contribution is -0.139. The molecule has 3 aromatic rings. The van der Waals surface area contributed by atoms with E-state index in [-0.39, 0.29) is 30.2 Å². The maximum atomic E-state index is 13.3. The van der Waals surface area contributed by atoms with Gasteiger partial charge in [0.2, 0.25) is 11.7 Å². The molecule has 0 aliphatic carbocycles. The number of hydrogen-bond acceptors (Lipinski definition) is 5. The molecule has 2 heterocycles. The number of nitrogens with zero attached hydrogens (tertiary/aromatic N) is 1. The normalized spacial score (nSPS) is 14.9. The highest BCUT2D eigenvalue weighted by Crippen LogP contribution is 2.27. The zero-order valence-corrected chi connectivity index (χ0v) is 14.8. The Labute approximate surface area is 160 Å². The molecule has 0 unspecified atom stereocenters. The average Bonchev–Trinajstić information content (AvgIpc) is 3.17. The summed E-state index contributed by atoms with van der Waals surface area (Å²) in [5, 5.41) is 4.51. The second-order valence-corrected chi connectivity index (χ2v) is 6.40. The number of ketones is 1. The highest BCUT2D eigenvalue weighted by molar-refractivity contribution is 6.37. The maximum absolute atomic E-state index is 13.3. The number of aromatic nitrogens is 1.